The predicted octanol–water partition coefficient (Wildman–Crippen LogP) is 4.11. The smallest absolute Gasteiger partial charge is 0.253 e. The number of halogens is 1. The minimum Gasteiger partial charge on any atom is -0.376 e. The fourth-order valence-electron chi connectivity index (χ4n) is 4.12. The lowest BCUT2D eigenvalue weighted by molar-refractivity contribution is -0.116. The summed E-state index contributed by atoms with van der Waals surface area (Å²) in [5, 5.41) is 5.05. The highest BCUT2D eigenvalue weighted by molar-refractivity contribution is 6.32. The van der Waals surface area contributed by atoms with Gasteiger partial charge in [-0.15, -0.1) is 11.6 Å². The van der Waals surface area contributed by atoms with E-state index in [0.29, 0.717) is 17.8 Å². The molecule has 2 fully saturated rings. The van der Waals surface area contributed by atoms with Crippen LogP contribution in [0.3, 0.4) is 0 Å². The Balaban J connectivity index is 1.51. The molecule has 0 saturated carbocycles. The summed E-state index contributed by atoms with van der Waals surface area (Å²) in [6.07, 6.45) is 4.29. The van der Waals surface area contributed by atoms with E-state index in [-0.39, 0.29) is 17.9 Å². The number of benzene rings is 2. The van der Waals surface area contributed by atoms with E-state index >= 15 is 0 Å². The Kier molecular flexibility index (Phi) is 7.10. The van der Waals surface area contributed by atoms with Crippen molar-refractivity contribution in [1.29, 1.82) is 0 Å². The monoisotopic (exact) mass is 441 g/mol. The topological polar surface area (TPSA) is 70.7 Å². The van der Waals surface area contributed by atoms with E-state index in [9.17, 15) is 9.59 Å². The largest absolute Gasteiger partial charge is 0.376 e. The van der Waals surface area contributed by atoms with Crippen LogP contribution in [0.5, 0.6) is 0 Å². The molecule has 2 aliphatic rings. The second-order valence-corrected chi connectivity index (χ2v) is 8.47. The summed E-state index contributed by atoms with van der Waals surface area (Å²) < 4.78 is 5.62. The highest BCUT2D eigenvalue weighted by Gasteiger charge is 2.23. The Morgan fingerprint density at radius 2 is 1.87 bits per heavy atom. The molecule has 164 valence electrons. The van der Waals surface area contributed by atoms with Gasteiger partial charge in [-0.25, -0.2) is 0 Å². The zero-order chi connectivity index (χ0) is 21.6. The van der Waals surface area contributed by atoms with Crippen molar-refractivity contribution in [3.8, 4) is 0 Å². The van der Waals surface area contributed by atoms with Crippen LogP contribution in [0, 0.1) is 0 Å². The van der Waals surface area contributed by atoms with Gasteiger partial charge in [-0.2, -0.15) is 0 Å². The highest BCUT2D eigenvalue weighted by Crippen LogP contribution is 2.29. The van der Waals surface area contributed by atoms with Gasteiger partial charge in [-0.3, -0.25) is 9.59 Å². The van der Waals surface area contributed by atoms with Gasteiger partial charge in [-0.05, 0) is 49.4 Å². The van der Waals surface area contributed by atoms with E-state index in [1.165, 1.54) is 0 Å². The molecule has 2 aromatic carbocycles. The molecule has 0 aromatic heterocycles. The van der Waals surface area contributed by atoms with Crippen LogP contribution in [-0.2, 0) is 9.53 Å². The van der Waals surface area contributed by atoms with E-state index in [1.54, 1.807) is 6.07 Å². The molecular formula is C24H28ClN3O3. The van der Waals surface area contributed by atoms with Gasteiger partial charge >= 0.3 is 0 Å². The summed E-state index contributed by atoms with van der Waals surface area (Å²) in [5.74, 6) is -0.480. The molecule has 31 heavy (non-hydrogen) atoms. The maximum Gasteiger partial charge on any atom is 0.253 e. The lowest BCUT2D eigenvalue weighted by atomic mass is 10.1. The first-order valence-electron chi connectivity index (χ1n) is 10.9. The van der Waals surface area contributed by atoms with Gasteiger partial charge in [0.25, 0.3) is 5.91 Å². The first-order chi connectivity index (χ1) is 15.1. The number of nitrogens with one attached hydrogen (secondary N) is 2. The quantitative estimate of drug-likeness (QED) is 0.634. The second-order valence-electron chi connectivity index (χ2n) is 8.03. The molecule has 7 heteroatoms. The first kappa shape index (κ1) is 21.7. The van der Waals surface area contributed by atoms with Crippen molar-refractivity contribution in [2.75, 3.05) is 36.5 Å². The first-order valence-corrected chi connectivity index (χ1v) is 11.3. The van der Waals surface area contributed by atoms with Crippen molar-refractivity contribution >= 4 is 34.8 Å². The normalized spacial score (nSPS) is 19.3. The van der Waals surface area contributed by atoms with Crippen molar-refractivity contribution in [2.24, 2.45) is 0 Å². The molecule has 4 rings (SSSR count). The average molecular weight is 442 g/mol. The van der Waals surface area contributed by atoms with Gasteiger partial charge in [0.1, 0.15) is 5.38 Å². The van der Waals surface area contributed by atoms with Gasteiger partial charge in [0.05, 0.1) is 11.7 Å². The average Bonchev–Trinajstić information content (AvgIpc) is 3.52. The van der Waals surface area contributed by atoms with E-state index < -0.39 is 5.38 Å². The number of amides is 2. The van der Waals surface area contributed by atoms with Gasteiger partial charge < -0.3 is 20.3 Å². The van der Waals surface area contributed by atoms with Gasteiger partial charge in [0, 0.05) is 37.6 Å². The van der Waals surface area contributed by atoms with Crippen molar-refractivity contribution in [1.82, 2.24) is 5.32 Å². The summed E-state index contributed by atoms with van der Waals surface area (Å²) in [6.45, 7) is 3.10. The van der Waals surface area contributed by atoms with Crippen LogP contribution >= 0.6 is 11.6 Å². The van der Waals surface area contributed by atoms with Crippen LogP contribution in [0.2, 0.25) is 0 Å². The lowest BCUT2D eigenvalue weighted by Gasteiger charge is -2.22. The predicted molar refractivity (Wildman–Crippen MR) is 123 cm³/mol. The standard InChI is InChI=1S/C24H28ClN3O3/c25-22(17-7-2-1-3-8-17)24(30)27-18-10-11-21(28-12-4-5-13-28)20(15-18)23(29)26-16-19-9-6-14-31-19/h1-3,7-8,10-11,15,19,22H,4-6,9,12-14,16H2,(H,26,29)(H,27,30)/t19-,22-/m0/s1. The van der Waals surface area contributed by atoms with Crippen LogP contribution < -0.4 is 15.5 Å². The SMILES string of the molecule is O=C(NC[C@@H]1CCCO1)c1cc(NC(=O)[C@@H](Cl)c2ccccc2)ccc1N1CCCC1. The number of carbonyl (C=O) groups excluding carboxylic acids is 2. The Labute approximate surface area is 187 Å². The Morgan fingerprint density at radius 1 is 1.10 bits per heavy atom. The number of anilines is 2. The summed E-state index contributed by atoms with van der Waals surface area (Å²) in [5.41, 5.74) is 2.73. The van der Waals surface area contributed by atoms with Crippen molar-refractivity contribution in [3.63, 3.8) is 0 Å². The summed E-state index contributed by atoms with van der Waals surface area (Å²) in [6, 6.07) is 14.7. The summed E-state index contributed by atoms with van der Waals surface area (Å²) in [7, 11) is 0. The second kappa shape index (κ2) is 10.2. The molecule has 2 aromatic rings. The molecular weight excluding hydrogens is 414 g/mol. The number of carbonyl (C=O) groups is 2. The molecule has 2 aliphatic heterocycles. The molecule has 0 radical (unpaired) electrons. The molecule has 2 atom stereocenters. The van der Waals surface area contributed by atoms with Crippen molar-refractivity contribution in [3.05, 3.63) is 59.7 Å². The molecule has 2 amide bonds. The van der Waals surface area contributed by atoms with Crippen LogP contribution in [0.1, 0.15) is 47.0 Å². The van der Waals surface area contributed by atoms with E-state index in [0.717, 1.165) is 56.6 Å². The fourth-order valence-corrected chi connectivity index (χ4v) is 4.32. The Morgan fingerprint density at radius 3 is 2.58 bits per heavy atom. The molecule has 2 heterocycles. The Hall–Kier alpha value is -2.57. The molecule has 6 nitrogen and oxygen atoms in total. The van der Waals surface area contributed by atoms with Crippen LogP contribution in [-0.4, -0.2) is 44.2 Å². The highest BCUT2D eigenvalue weighted by atomic mass is 35.5. The number of alkyl halides is 1. The van der Waals surface area contributed by atoms with Crippen molar-refractivity contribution in [2.45, 2.75) is 37.2 Å². The zero-order valence-electron chi connectivity index (χ0n) is 17.5. The molecule has 0 spiro atoms. The number of rotatable bonds is 7. The van der Waals surface area contributed by atoms with Crippen LogP contribution in [0.4, 0.5) is 11.4 Å². The van der Waals surface area contributed by atoms with Crippen LogP contribution in [0.15, 0.2) is 48.5 Å². The zero-order valence-corrected chi connectivity index (χ0v) is 18.2. The molecule has 2 N–H and O–H groups in total. The third kappa shape index (κ3) is 5.38. The lowest BCUT2D eigenvalue weighted by Crippen LogP contribution is -2.33. The Bertz CT molecular complexity index is 910. The number of ether oxygens (including phenoxy) is 1. The molecule has 2 saturated heterocycles. The van der Waals surface area contributed by atoms with Gasteiger partial charge in [-0.1, -0.05) is 30.3 Å². The van der Waals surface area contributed by atoms with Gasteiger partial charge in [0.2, 0.25) is 5.91 Å². The van der Waals surface area contributed by atoms with E-state index in [2.05, 4.69) is 15.5 Å². The summed E-state index contributed by atoms with van der Waals surface area (Å²) >= 11 is 6.35. The minimum absolute atomic E-state index is 0.0740. The number of hydrogen-bond acceptors (Lipinski definition) is 4. The third-order valence-electron chi connectivity index (χ3n) is 5.79. The van der Waals surface area contributed by atoms with E-state index in [4.69, 9.17) is 16.3 Å². The van der Waals surface area contributed by atoms with Gasteiger partial charge in [0.15, 0.2) is 0 Å². The third-order valence-corrected chi connectivity index (χ3v) is 6.24. The van der Waals surface area contributed by atoms with E-state index in [1.807, 2.05) is 42.5 Å². The van der Waals surface area contributed by atoms with Crippen LogP contribution in [0.25, 0.3) is 0 Å². The maximum atomic E-state index is 13.0. The fraction of sp³-hybridized carbons (Fsp3) is 0.417. The summed E-state index contributed by atoms with van der Waals surface area (Å²) in [4.78, 5) is 27.9. The molecule has 0 unspecified atom stereocenters. The minimum atomic E-state index is -0.809. The molecule has 0 aliphatic carbocycles. The molecule has 0 bridgehead atoms. The maximum absolute atomic E-state index is 13.0. The number of nitrogens with zero attached hydrogens (tertiary/aromatic N) is 1. The number of hydrogen-bond donors (Lipinski definition) is 2. The van der Waals surface area contributed by atoms with Crippen molar-refractivity contribution < 1.29 is 14.3 Å².